The van der Waals surface area contributed by atoms with E-state index in [0.717, 1.165) is 16.7 Å². The van der Waals surface area contributed by atoms with Gasteiger partial charge >= 0.3 is 6.03 Å². The molecule has 2 aliphatic rings. The van der Waals surface area contributed by atoms with Crippen LogP contribution in [-0.4, -0.2) is 53.4 Å². The Balaban J connectivity index is 1.54. The summed E-state index contributed by atoms with van der Waals surface area (Å²) < 4.78 is 5.22. The van der Waals surface area contributed by atoms with Gasteiger partial charge in [0.25, 0.3) is 11.8 Å². The maximum Gasteiger partial charge on any atom is 0.325 e. The number of carbonyl (C=O) groups is 3. The first-order valence-corrected chi connectivity index (χ1v) is 10.5. The molecule has 1 atom stereocenters. The maximum absolute atomic E-state index is 13.4. The van der Waals surface area contributed by atoms with Crippen molar-refractivity contribution in [3.05, 3.63) is 64.7 Å². The first-order valence-electron chi connectivity index (χ1n) is 10.5. The van der Waals surface area contributed by atoms with Crippen LogP contribution in [0.5, 0.6) is 5.75 Å². The fourth-order valence-electron chi connectivity index (χ4n) is 4.40. The van der Waals surface area contributed by atoms with Gasteiger partial charge in [0.15, 0.2) is 0 Å². The quantitative estimate of drug-likeness (QED) is 0.770. The summed E-state index contributed by atoms with van der Waals surface area (Å²) in [5, 5.41) is 2.90. The zero-order valence-electron chi connectivity index (χ0n) is 18.1. The Labute approximate surface area is 182 Å². The molecule has 0 aliphatic carbocycles. The van der Waals surface area contributed by atoms with Crippen molar-refractivity contribution in [2.24, 2.45) is 0 Å². The number of nitrogens with one attached hydrogen (secondary N) is 1. The zero-order valence-corrected chi connectivity index (χ0v) is 18.1. The molecule has 2 aromatic carbocycles. The van der Waals surface area contributed by atoms with E-state index < -0.39 is 11.6 Å². The zero-order chi connectivity index (χ0) is 22.2. The minimum Gasteiger partial charge on any atom is -0.497 e. The lowest BCUT2D eigenvalue weighted by Gasteiger charge is -2.38. The summed E-state index contributed by atoms with van der Waals surface area (Å²) in [5.41, 5.74) is 2.49. The molecule has 162 valence electrons. The van der Waals surface area contributed by atoms with E-state index in [-0.39, 0.29) is 24.9 Å². The van der Waals surface area contributed by atoms with E-state index >= 15 is 0 Å². The highest BCUT2D eigenvalue weighted by atomic mass is 16.5. The number of amides is 4. The van der Waals surface area contributed by atoms with Crippen LogP contribution in [-0.2, 0) is 11.3 Å². The normalized spacial score (nSPS) is 20.9. The molecular formula is C24H27N3O4. The van der Waals surface area contributed by atoms with Crippen LogP contribution in [0.1, 0.15) is 39.9 Å². The van der Waals surface area contributed by atoms with Crippen molar-refractivity contribution in [2.75, 3.05) is 20.2 Å². The number of carbonyl (C=O) groups excluding carboxylic acids is 3. The van der Waals surface area contributed by atoms with Gasteiger partial charge in [-0.15, -0.1) is 0 Å². The monoisotopic (exact) mass is 421 g/mol. The molecule has 4 rings (SSSR count). The van der Waals surface area contributed by atoms with Gasteiger partial charge in [-0.25, -0.2) is 4.79 Å². The maximum atomic E-state index is 13.4. The molecule has 7 heteroatoms. The van der Waals surface area contributed by atoms with Crippen molar-refractivity contribution < 1.29 is 19.1 Å². The number of urea groups is 1. The number of aryl methyl sites for hydroxylation is 2. The summed E-state index contributed by atoms with van der Waals surface area (Å²) in [6.07, 6.45) is 1.15. The highest BCUT2D eigenvalue weighted by molar-refractivity contribution is 6.07. The number of ether oxygens (including phenoxy) is 1. The van der Waals surface area contributed by atoms with E-state index in [1.807, 2.05) is 32.0 Å². The minimum atomic E-state index is -1.07. The lowest BCUT2D eigenvalue weighted by molar-refractivity contribution is -0.133. The van der Waals surface area contributed by atoms with Gasteiger partial charge in [-0.2, -0.15) is 0 Å². The fourth-order valence-corrected chi connectivity index (χ4v) is 4.40. The summed E-state index contributed by atoms with van der Waals surface area (Å²) in [4.78, 5) is 42.2. The van der Waals surface area contributed by atoms with E-state index in [1.165, 1.54) is 4.90 Å². The van der Waals surface area contributed by atoms with Crippen molar-refractivity contribution in [3.8, 4) is 5.75 Å². The lowest BCUT2D eigenvalue weighted by Crippen LogP contribution is -2.59. The molecule has 31 heavy (non-hydrogen) atoms. The number of hydrogen-bond donors (Lipinski definition) is 1. The summed E-state index contributed by atoms with van der Waals surface area (Å²) >= 11 is 0. The molecule has 1 N–H and O–H groups in total. The molecule has 7 nitrogen and oxygen atoms in total. The number of rotatable bonds is 4. The molecule has 0 radical (unpaired) electrons. The predicted octanol–water partition coefficient (Wildman–Crippen LogP) is 3.04. The van der Waals surface area contributed by atoms with Crippen LogP contribution < -0.4 is 10.1 Å². The Morgan fingerprint density at radius 1 is 1.16 bits per heavy atom. The van der Waals surface area contributed by atoms with Crippen LogP contribution in [0.15, 0.2) is 42.5 Å². The van der Waals surface area contributed by atoms with Crippen LogP contribution in [0.4, 0.5) is 4.79 Å². The van der Waals surface area contributed by atoms with Gasteiger partial charge in [-0.3, -0.25) is 14.5 Å². The Hall–Kier alpha value is -3.35. The first-order chi connectivity index (χ1) is 14.8. The summed E-state index contributed by atoms with van der Waals surface area (Å²) in [5.74, 6) is 0.164. The van der Waals surface area contributed by atoms with Crippen molar-refractivity contribution in [3.63, 3.8) is 0 Å². The first kappa shape index (κ1) is 20.9. The van der Waals surface area contributed by atoms with Crippen molar-refractivity contribution >= 4 is 17.8 Å². The molecule has 2 aliphatic heterocycles. The number of likely N-dealkylation sites (tertiary alicyclic amines) is 1. The second-order valence-electron chi connectivity index (χ2n) is 8.40. The van der Waals surface area contributed by atoms with Gasteiger partial charge in [0.1, 0.15) is 11.3 Å². The smallest absolute Gasteiger partial charge is 0.325 e. The van der Waals surface area contributed by atoms with Gasteiger partial charge in [0, 0.05) is 12.1 Å². The van der Waals surface area contributed by atoms with E-state index in [2.05, 4.69) is 5.32 Å². The standard InChI is InChI=1S/C24H27N3O4/c1-16-8-9-17(2)19(12-16)14-27-22(29)24(25-23(27)30)10-5-11-26(15-24)21(28)18-6-4-7-20(13-18)31-3/h4,6-9,12-13H,5,10-11,14-15H2,1-3H3,(H,25,30). The number of imide groups is 1. The average molecular weight is 421 g/mol. The molecule has 2 aromatic rings. The predicted molar refractivity (Wildman–Crippen MR) is 116 cm³/mol. The number of nitrogens with zero attached hydrogens (tertiary/aromatic N) is 2. The topological polar surface area (TPSA) is 79.0 Å². The molecule has 2 heterocycles. The van der Waals surface area contributed by atoms with E-state index in [9.17, 15) is 14.4 Å². The van der Waals surface area contributed by atoms with Crippen molar-refractivity contribution in [1.29, 1.82) is 0 Å². The van der Waals surface area contributed by atoms with Crippen molar-refractivity contribution in [2.45, 2.75) is 38.8 Å². The lowest BCUT2D eigenvalue weighted by atomic mass is 9.88. The second-order valence-corrected chi connectivity index (χ2v) is 8.40. The third-order valence-electron chi connectivity index (χ3n) is 6.18. The number of benzene rings is 2. The van der Waals surface area contributed by atoms with Crippen LogP contribution in [0, 0.1) is 13.8 Å². The van der Waals surface area contributed by atoms with E-state index in [1.54, 1.807) is 36.3 Å². The van der Waals surface area contributed by atoms with E-state index in [0.29, 0.717) is 30.7 Å². The highest BCUT2D eigenvalue weighted by Gasteiger charge is 2.53. The van der Waals surface area contributed by atoms with Gasteiger partial charge in [-0.1, -0.05) is 29.8 Å². The second kappa shape index (κ2) is 8.06. The van der Waals surface area contributed by atoms with Crippen LogP contribution in [0.3, 0.4) is 0 Å². The largest absolute Gasteiger partial charge is 0.497 e. The summed E-state index contributed by atoms with van der Waals surface area (Å²) in [7, 11) is 1.55. The Morgan fingerprint density at radius 2 is 1.97 bits per heavy atom. The van der Waals surface area contributed by atoms with Crippen LogP contribution >= 0.6 is 0 Å². The molecule has 2 fully saturated rings. The van der Waals surface area contributed by atoms with Gasteiger partial charge in [-0.05, 0) is 56.0 Å². The Morgan fingerprint density at radius 3 is 2.74 bits per heavy atom. The van der Waals surface area contributed by atoms with Crippen LogP contribution in [0.2, 0.25) is 0 Å². The summed E-state index contributed by atoms with van der Waals surface area (Å²) in [6, 6.07) is 12.6. The van der Waals surface area contributed by atoms with Gasteiger partial charge < -0.3 is 15.0 Å². The SMILES string of the molecule is COc1cccc(C(=O)N2CCCC3(C2)NC(=O)N(Cc2cc(C)ccc2C)C3=O)c1. The minimum absolute atomic E-state index is 0.164. The fraction of sp³-hybridized carbons (Fsp3) is 0.375. The third-order valence-corrected chi connectivity index (χ3v) is 6.18. The van der Waals surface area contributed by atoms with Gasteiger partial charge in [0.05, 0.1) is 20.2 Å². The molecule has 1 spiro atoms. The van der Waals surface area contributed by atoms with Crippen molar-refractivity contribution in [1.82, 2.24) is 15.1 Å². The molecule has 0 bridgehead atoms. The van der Waals surface area contributed by atoms with Gasteiger partial charge in [0.2, 0.25) is 0 Å². The number of piperidine rings is 1. The molecule has 0 saturated carbocycles. The molecule has 0 aromatic heterocycles. The average Bonchev–Trinajstić information content (AvgIpc) is 2.99. The third kappa shape index (κ3) is 3.87. The molecule has 1 unspecified atom stereocenters. The number of hydrogen-bond acceptors (Lipinski definition) is 4. The van der Waals surface area contributed by atoms with E-state index in [4.69, 9.17) is 4.74 Å². The molecular weight excluding hydrogens is 394 g/mol. The number of methoxy groups -OCH3 is 1. The highest BCUT2D eigenvalue weighted by Crippen LogP contribution is 2.31. The Bertz CT molecular complexity index is 1050. The van der Waals surface area contributed by atoms with Crippen LogP contribution in [0.25, 0.3) is 0 Å². The molecule has 2 saturated heterocycles. The molecule has 4 amide bonds. The Kier molecular flexibility index (Phi) is 5.43. The summed E-state index contributed by atoms with van der Waals surface area (Å²) in [6.45, 7) is 4.89.